The normalized spacial score (nSPS) is 12.7. The Bertz CT molecular complexity index is 175. The molecule has 0 aliphatic heterocycles. The molecule has 0 saturated carbocycles. The first kappa shape index (κ1) is 15.3. The predicted octanol–water partition coefficient (Wildman–Crippen LogP) is 0.556. The zero-order valence-corrected chi connectivity index (χ0v) is 14.9. The Kier molecular flexibility index (Phi) is 7.66. The van der Waals surface area contributed by atoms with Gasteiger partial charge in [-0.2, -0.15) is 0 Å². The average molecular weight is 265 g/mol. The molecule has 0 fully saturated rings. The van der Waals surface area contributed by atoms with Crippen LogP contribution in [0.3, 0.4) is 0 Å². The quantitative estimate of drug-likeness (QED) is 0.364. The van der Waals surface area contributed by atoms with Crippen molar-refractivity contribution in [3.63, 3.8) is 0 Å². The maximum Gasteiger partial charge on any atom is 0.174 e. The van der Waals surface area contributed by atoms with E-state index in [4.69, 9.17) is 13.3 Å². The monoisotopic (exact) mass is 264 g/mol. The summed E-state index contributed by atoms with van der Waals surface area (Å²) < 4.78 is 17.4. The molecule has 0 bridgehead atoms. The Morgan fingerprint density at radius 2 is 1.67 bits per heavy atom. The van der Waals surface area contributed by atoms with E-state index in [1.54, 1.807) is 0 Å². The zero-order valence-electron chi connectivity index (χ0n) is 10.6. The highest BCUT2D eigenvalue weighted by atomic mass is 28.3. The van der Waals surface area contributed by atoms with Crippen LogP contribution in [-0.4, -0.2) is 41.0 Å². The predicted molar refractivity (Wildman–Crippen MR) is 73.4 cm³/mol. The summed E-state index contributed by atoms with van der Waals surface area (Å²) in [5, 5.41) is 0. The molecule has 3 nitrogen and oxygen atoms in total. The molecule has 0 aromatic heterocycles. The topological polar surface area (TPSA) is 27.7 Å². The van der Waals surface area contributed by atoms with Crippen LogP contribution in [0, 0.1) is 0 Å². The van der Waals surface area contributed by atoms with E-state index in [1.807, 2.05) is 6.08 Å². The van der Waals surface area contributed by atoms with Crippen molar-refractivity contribution in [3.05, 3.63) is 12.7 Å². The van der Waals surface area contributed by atoms with Gasteiger partial charge in [-0.3, -0.25) is 0 Å². The smallest absolute Gasteiger partial charge is 0.174 e. The average Bonchev–Trinajstić information content (AvgIpc) is 2.01. The third-order valence-corrected chi connectivity index (χ3v) is 3.81. The summed E-state index contributed by atoms with van der Waals surface area (Å²) >= 11 is 0. The molecule has 0 amide bonds. The molecule has 0 aliphatic rings. The summed E-state index contributed by atoms with van der Waals surface area (Å²) in [7, 11) is -1.55. The van der Waals surface area contributed by atoms with Gasteiger partial charge in [0, 0.05) is 6.42 Å². The van der Waals surface area contributed by atoms with Crippen LogP contribution >= 0.6 is 0 Å². The number of rotatable bonds is 8. The van der Waals surface area contributed by atoms with Gasteiger partial charge in [-0.05, 0) is 26.2 Å². The van der Waals surface area contributed by atoms with E-state index < -0.39 is 23.9 Å². The molecule has 15 heavy (non-hydrogen) atoms. The lowest BCUT2D eigenvalue weighted by Crippen LogP contribution is -2.46. The second-order valence-electron chi connectivity index (χ2n) is 4.17. The summed E-state index contributed by atoms with van der Waals surface area (Å²) in [6.07, 6.45) is 2.57. The van der Waals surface area contributed by atoms with Crippen molar-refractivity contribution in [2.24, 2.45) is 0 Å². The van der Waals surface area contributed by atoms with Crippen molar-refractivity contribution in [1.29, 1.82) is 0 Å². The van der Waals surface area contributed by atoms with Gasteiger partial charge in [0.1, 0.15) is 10.5 Å². The summed E-state index contributed by atoms with van der Waals surface area (Å²) in [6, 6.07) is 0. The Hall–Kier alpha value is 0.271. The minimum atomic E-state index is -1.13. The van der Waals surface area contributed by atoms with Crippen molar-refractivity contribution < 1.29 is 13.3 Å². The first-order valence-corrected chi connectivity index (χ1v) is 11.8. The van der Waals surface area contributed by atoms with Gasteiger partial charge in [0.05, 0.1) is 6.61 Å². The van der Waals surface area contributed by atoms with Crippen molar-refractivity contribution in [2.75, 3.05) is 6.61 Å². The highest BCUT2D eigenvalue weighted by Gasteiger charge is 2.32. The second kappa shape index (κ2) is 7.53. The van der Waals surface area contributed by atoms with Crippen LogP contribution in [0.25, 0.3) is 0 Å². The molecule has 90 valence electrons. The zero-order chi connectivity index (χ0) is 11.9. The van der Waals surface area contributed by atoms with Gasteiger partial charge in [-0.15, -0.1) is 6.58 Å². The van der Waals surface area contributed by atoms with E-state index in [-0.39, 0.29) is 0 Å². The van der Waals surface area contributed by atoms with E-state index in [9.17, 15) is 0 Å². The first-order chi connectivity index (χ1) is 6.95. The summed E-state index contributed by atoms with van der Waals surface area (Å²) in [6.45, 7) is 12.9. The Labute approximate surface area is 99.8 Å². The van der Waals surface area contributed by atoms with E-state index in [0.717, 1.165) is 0 Å². The van der Waals surface area contributed by atoms with Crippen LogP contribution in [0.4, 0.5) is 0 Å². The first-order valence-electron chi connectivity index (χ1n) is 5.41. The fourth-order valence-electron chi connectivity index (χ4n) is 1.55. The molecule has 0 atom stereocenters. The van der Waals surface area contributed by atoms with Crippen molar-refractivity contribution in [2.45, 2.75) is 38.4 Å². The molecule has 0 saturated heterocycles. The molecular formula is C9H24O3Si3. The molecule has 0 N–H and O–H groups in total. The van der Waals surface area contributed by atoms with Crippen LogP contribution in [-0.2, 0) is 13.3 Å². The Balaban J connectivity index is 4.62. The van der Waals surface area contributed by atoms with E-state index in [0.29, 0.717) is 23.5 Å². The van der Waals surface area contributed by atoms with Crippen LogP contribution in [0.1, 0.15) is 6.42 Å². The third kappa shape index (κ3) is 6.44. The molecule has 0 aliphatic carbocycles. The molecule has 0 unspecified atom stereocenters. The SMILES string of the molecule is C=CCC(CO[SiH3])(O[SiH](C)C)O[SiH](C)C. The fraction of sp³-hybridized carbons (Fsp3) is 0.778. The van der Waals surface area contributed by atoms with E-state index in [2.05, 4.69) is 32.8 Å². The molecule has 0 spiro atoms. The van der Waals surface area contributed by atoms with Crippen LogP contribution < -0.4 is 0 Å². The minimum Gasteiger partial charge on any atom is -0.423 e. The lowest BCUT2D eigenvalue weighted by atomic mass is 10.2. The summed E-state index contributed by atoms with van der Waals surface area (Å²) in [5.74, 6) is -0.537. The van der Waals surface area contributed by atoms with Gasteiger partial charge in [-0.1, -0.05) is 6.08 Å². The van der Waals surface area contributed by atoms with Crippen LogP contribution in [0.2, 0.25) is 26.2 Å². The lowest BCUT2D eigenvalue weighted by molar-refractivity contribution is -0.140. The van der Waals surface area contributed by atoms with E-state index >= 15 is 0 Å². The maximum absolute atomic E-state index is 6.01. The fourth-order valence-corrected chi connectivity index (χ4v) is 4.26. The van der Waals surface area contributed by atoms with Gasteiger partial charge in [0.2, 0.25) is 0 Å². The highest BCUT2D eigenvalue weighted by Crippen LogP contribution is 2.21. The number of hydrogen-bond donors (Lipinski definition) is 0. The molecule has 6 heteroatoms. The Morgan fingerprint density at radius 3 is 1.93 bits per heavy atom. The van der Waals surface area contributed by atoms with Crippen LogP contribution in [0.15, 0.2) is 12.7 Å². The molecule has 0 rings (SSSR count). The van der Waals surface area contributed by atoms with Crippen molar-refractivity contribution in [3.8, 4) is 0 Å². The van der Waals surface area contributed by atoms with Gasteiger partial charge in [0.15, 0.2) is 23.9 Å². The summed E-state index contributed by atoms with van der Waals surface area (Å²) in [5.41, 5.74) is 0. The number of hydrogen-bond acceptors (Lipinski definition) is 3. The van der Waals surface area contributed by atoms with Crippen molar-refractivity contribution in [1.82, 2.24) is 0 Å². The minimum absolute atomic E-state index is 0.537. The Morgan fingerprint density at radius 1 is 1.20 bits per heavy atom. The maximum atomic E-state index is 6.01. The molecule has 0 radical (unpaired) electrons. The standard InChI is InChI=1S/C9H24O3Si3/c1-6-7-9(8-10-13,11-14(2)3)12-15(4)5/h6,14-15H,1,7-8H2,2-5,13H3. The summed E-state index contributed by atoms with van der Waals surface area (Å²) in [4.78, 5) is 0. The molecule has 0 aromatic rings. The second-order valence-corrected chi connectivity index (χ2v) is 9.41. The largest absolute Gasteiger partial charge is 0.423 e. The third-order valence-electron chi connectivity index (χ3n) is 1.72. The lowest BCUT2D eigenvalue weighted by Gasteiger charge is -2.36. The van der Waals surface area contributed by atoms with Gasteiger partial charge in [0.25, 0.3) is 0 Å². The van der Waals surface area contributed by atoms with Gasteiger partial charge in [-0.25, -0.2) is 0 Å². The van der Waals surface area contributed by atoms with E-state index in [1.165, 1.54) is 0 Å². The van der Waals surface area contributed by atoms with Gasteiger partial charge < -0.3 is 13.3 Å². The molecular weight excluding hydrogens is 240 g/mol. The van der Waals surface area contributed by atoms with Crippen LogP contribution in [0.5, 0.6) is 0 Å². The molecule has 0 heterocycles. The van der Waals surface area contributed by atoms with Gasteiger partial charge >= 0.3 is 0 Å². The molecule has 0 aromatic carbocycles. The van der Waals surface area contributed by atoms with Crippen molar-refractivity contribution >= 4 is 28.6 Å². The highest BCUT2D eigenvalue weighted by molar-refractivity contribution is 6.49.